The summed E-state index contributed by atoms with van der Waals surface area (Å²) in [6.45, 7) is 1.54. The number of rotatable bonds is 14. The second-order valence-electron chi connectivity index (χ2n) is 17.8. The molecule has 0 bridgehead atoms. The molecule has 0 unspecified atom stereocenters. The van der Waals surface area contributed by atoms with Crippen LogP contribution in [0.15, 0.2) is 134 Å². The fourth-order valence-electron chi connectivity index (χ4n) is 7.83. The van der Waals surface area contributed by atoms with Gasteiger partial charge in [0.15, 0.2) is 11.3 Å². The standard InChI is InChI=1S/C26H26ClN7O.C20H22IN7O.C6H6BClO2/c1-32(19-12-13-19)14-4-7-22(35)33(2)20-5-3-6-21(15-20)34-26-23(25(28)29-16-30-26)24(31-34)17-8-10-18(27)11-9-17;1-26(13-8-9-13)10-4-7-16(29)27(2)14-5-3-6-15(11-14)28-20-17(18(21)25-28)19(22)23-12-24-20;8-6-3-1-5(2-4-6)7(9)10/h3-11,15-16,19H,12-14H2,1-2H3,(H2,28,29,30);3-7,11-13H,8-10H2,1-2H3,(H2,22,23,24);1-4,9-10H/b2*7-4+;. The second-order valence-corrected chi connectivity index (χ2v) is 19.7. The molecule has 4 aromatic carbocycles. The van der Waals surface area contributed by atoms with Crippen molar-refractivity contribution in [3.63, 3.8) is 0 Å². The number of nitrogens with two attached hydrogens (primary N) is 2. The topological polar surface area (TPSA) is 227 Å². The van der Waals surface area contributed by atoms with Crippen LogP contribution < -0.4 is 26.7 Å². The average Bonchev–Trinajstić information content (AvgIpc) is 4.35. The lowest BCUT2D eigenvalue weighted by atomic mass is 9.81. The number of nitrogens with zero attached hydrogens (tertiary/aromatic N) is 12. The van der Waals surface area contributed by atoms with Crippen molar-refractivity contribution in [3.8, 4) is 22.6 Å². The molecule has 2 amide bonds. The van der Waals surface area contributed by atoms with Crippen LogP contribution in [0.1, 0.15) is 25.7 Å². The molecule has 6 N–H and O–H groups in total. The van der Waals surface area contributed by atoms with Gasteiger partial charge in [-0.3, -0.25) is 19.4 Å². The van der Waals surface area contributed by atoms with E-state index in [9.17, 15) is 9.59 Å². The summed E-state index contributed by atoms with van der Waals surface area (Å²) in [6, 6.07) is 30.3. The van der Waals surface area contributed by atoms with Gasteiger partial charge in [0, 0.05) is 78.4 Å². The number of aromatic nitrogens is 8. The molecule has 0 spiro atoms. The summed E-state index contributed by atoms with van der Waals surface area (Å²) in [5.41, 5.74) is 18.5. The molecule has 4 heterocycles. The normalized spacial score (nSPS) is 13.3. The highest BCUT2D eigenvalue weighted by atomic mass is 127. The molecule has 22 heteroatoms. The summed E-state index contributed by atoms with van der Waals surface area (Å²) >= 11 is 13.7. The highest BCUT2D eigenvalue weighted by Gasteiger charge is 2.26. The van der Waals surface area contributed by atoms with Gasteiger partial charge in [-0.15, -0.1) is 0 Å². The largest absolute Gasteiger partial charge is 0.488 e. The maximum absolute atomic E-state index is 12.8. The van der Waals surface area contributed by atoms with Gasteiger partial charge in [-0.05, 0) is 128 Å². The van der Waals surface area contributed by atoms with E-state index in [0.717, 1.165) is 50.5 Å². The van der Waals surface area contributed by atoms with Crippen LogP contribution in [0.25, 0.3) is 44.7 Å². The molecule has 18 nitrogen and oxygen atoms in total. The summed E-state index contributed by atoms with van der Waals surface area (Å²) in [6.07, 6.45) is 14.9. The monoisotopic (exact) mass is 1150 g/mol. The number of halogens is 3. The Hall–Kier alpha value is -6.79. The molecule has 380 valence electrons. The van der Waals surface area contributed by atoms with Crippen molar-refractivity contribution in [2.75, 3.05) is 62.5 Å². The van der Waals surface area contributed by atoms with Crippen LogP contribution in [-0.4, -0.2) is 132 Å². The van der Waals surface area contributed by atoms with E-state index in [1.165, 1.54) is 38.3 Å². The molecule has 0 atom stereocenters. The van der Waals surface area contributed by atoms with Gasteiger partial charge in [-0.1, -0.05) is 71.8 Å². The molecule has 0 saturated heterocycles. The molecular weight excluding hydrogens is 1090 g/mol. The SMILES string of the molecule is CN(C(=O)/C=C/CN(C)C1CC1)c1cccc(-n2nc(-c3ccc(Cl)cc3)c3c(N)ncnc32)c1.CN(C(=O)/C=C/CN(C)C1CC1)c1cccc(-n2nc(I)c3c(N)ncnc32)c1.OB(O)c1ccc(Cl)cc1. The van der Waals surface area contributed by atoms with E-state index in [1.807, 2.05) is 72.8 Å². The van der Waals surface area contributed by atoms with Crippen molar-refractivity contribution < 1.29 is 19.6 Å². The fourth-order valence-corrected chi connectivity index (χ4v) is 8.81. The molecule has 8 aromatic rings. The Labute approximate surface area is 452 Å². The predicted molar refractivity (Wildman–Crippen MR) is 303 cm³/mol. The van der Waals surface area contributed by atoms with E-state index in [1.54, 1.807) is 81.8 Å². The minimum Gasteiger partial charge on any atom is -0.423 e. The van der Waals surface area contributed by atoms with E-state index in [0.29, 0.717) is 61.6 Å². The number of benzene rings is 4. The average molecular weight is 1150 g/mol. The van der Waals surface area contributed by atoms with Crippen LogP contribution in [0.3, 0.4) is 0 Å². The van der Waals surface area contributed by atoms with E-state index in [-0.39, 0.29) is 11.8 Å². The molecule has 2 saturated carbocycles. The first-order valence-electron chi connectivity index (χ1n) is 23.6. The van der Waals surface area contributed by atoms with Crippen molar-refractivity contribution in [2.24, 2.45) is 0 Å². The Morgan fingerprint density at radius 3 is 1.58 bits per heavy atom. The number of anilines is 4. The Bertz CT molecular complexity index is 3330. The molecular formula is C52H54BCl2IN14O4. The van der Waals surface area contributed by atoms with Crippen LogP contribution in [0.4, 0.5) is 23.0 Å². The maximum Gasteiger partial charge on any atom is 0.488 e. The molecule has 10 rings (SSSR count). The third-order valence-corrected chi connectivity index (χ3v) is 13.7. The van der Waals surface area contributed by atoms with Gasteiger partial charge in [0.2, 0.25) is 11.8 Å². The highest BCUT2D eigenvalue weighted by molar-refractivity contribution is 14.1. The first-order chi connectivity index (χ1) is 35.6. The van der Waals surface area contributed by atoms with Crippen molar-refractivity contribution in [1.82, 2.24) is 49.3 Å². The van der Waals surface area contributed by atoms with Gasteiger partial charge in [0.05, 0.1) is 22.1 Å². The van der Waals surface area contributed by atoms with Gasteiger partial charge in [0.25, 0.3) is 0 Å². The van der Waals surface area contributed by atoms with Crippen molar-refractivity contribution in [3.05, 3.63) is 148 Å². The van der Waals surface area contributed by atoms with Gasteiger partial charge in [0.1, 0.15) is 33.7 Å². The molecule has 2 aliphatic carbocycles. The lowest BCUT2D eigenvalue weighted by molar-refractivity contribution is -0.114. The zero-order chi connectivity index (χ0) is 52.6. The van der Waals surface area contributed by atoms with Crippen LogP contribution in [0.5, 0.6) is 0 Å². The summed E-state index contributed by atoms with van der Waals surface area (Å²) in [5.74, 6) is 0.578. The van der Waals surface area contributed by atoms with Crippen LogP contribution in [0.2, 0.25) is 10.0 Å². The first kappa shape index (κ1) is 53.5. The van der Waals surface area contributed by atoms with Crippen LogP contribution >= 0.6 is 45.8 Å². The Morgan fingerprint density at radius 2 is 1.11 bits per heavy atom. The molecule has 0 radical (unpaired) electrons. The second kappa shape index (κ2) is 24.0. The number of hydrogen-bond donors (Lipinski definition) is 4. The Morgan fingerprint density at radius 1 is 0.662 bits per heavy atom. The number of carbonyl (C=O) groups excluding carboxylic acids is 2. The number of likely N-dealkylation sites (N-methyl/N-ethyl adjacent to an activating group) is 4. The fraction of sp³-hybridized carbons (Fsp3) is 0.231. The molecule has 0 aliphatic heterocycles. The van der Waals surface area contributed by atoms with E-state index < -0.39 is 7.12 Å². The van der Waals surface area contributed by atoms with Gasteiger partial charge < -0.3 is 31.3 Å². The Balaban J connectivity index is 0.000000168. The number of nitrogen functional groups attached to an aromatic ring is 2. The smallest absolute Gasteiger partial charge is 0.423 e. The van der Waals surface area contributed by atoms with Crippen molar-refractivity contribution in [2.45, 2.75) is 37.8 Å². The maximum atomic E-state index is 12.8. The van der Waals surface area contributed by atoms with Crippen LogP contribution in [-0.2, 0) is 9.59 Å². The highest BCUT2D eigenvalue weighted by Crippen LogP contribution is 2.33. The van der Waals surface area contributed by atoms with Gasteiger partial charge >= 0.3 is 7.12 Å². The number of carbonyl (C=O) groups is 2. The molecule has 2 aliphatic rings. The molecule has 2 fully saturated rings. The summed E-state index contributed by atoms with van der Waals surface area (Å²) in [7, 11) is 6.30. The summed E-state index contributed by atoms with van der Waals surface area (Å²) in [5, 5.41) is 29.2. The third kappa shape index (κ3) is 13.1. The zero-order valence-electron chi connectivity index (χ0n) is 41.0. The van der Waals surface area contributed by atoms with Gasteiger partial charge in [-0.2, -0.15) is 10.2 Å². The van der Waals surface area contributed by atoms with E-state index in [2.05, 4.69) is 71.5 Å². The van der Waals surface area contributed by atoms with Crippen molar-refractivity contribution >= 4 is 115 Å². The quantitative estimate of drug-likeness (QED) is 0.0491. The minimum absolute atomic E-state index is 0.0715. The lowest BCUT2D eigenvalue weighted by Crippen LogP contribution is -2.29. The van der Waals surface area contributed by atoms with Gasteiger partial charge in [-0.25, -0.2) is 29.3 Å². The Kier molecular flexibility index (Phi) is 17.4. The van der Waals surface area contributed by atoms with Crippen molar-refractivity contribution in [1.29, 1.82) is 0 Å². The zero-order valence-corrected chi connectivity index (χ0v) is 44.7. The van der Waals surface area contributed by atoms with E-state index >= 15 is 0 Å². The predicted octanol–water partition coefficient (Wildman–Crippen LogP) is 6.97. The number of fused-ring (bicyclic) bond motifs is 2. The minimum atomic E-state index is -1.41. The molecule has 4 aromatic heterocycles. The summed E-state index contributed by atoms with van der Waals surface area (Å²) < 4.78 is 4.17. The number of hydrogen-bond acceptors (Lipinski definition) is 14. The summed E-state index contributed by atoms with van der Waals surface area (Å²) in [4.78, 5) is 50.1. The van der Waals surface area contributed by atoms with E-state index in [4.69, 9.17) is 49.8 Å². The number of amides is 2. The molecule has 74 heavy (non-hydrogen) atoms. The lowest BCUT2D eigenvalue weighted by Gasteiger charge is -2.17. The third-order valence-electron chi connectivity index (χ3n) is 12.5. The van der Waals surface area contributed by atoms with Crippen LogP contribution in [0, 0.1) is 3.70 Å². The first-order valence-corrected chi connectivity index (χ1v) is 25.4.